The van der Waals surface area contributed by atoms with Crippen molar-refractivity contribution >= 4 is 17.7 Å². The van der Waals surface area contributed by atoms with E-state index in [0.29, 0.717) is 5.41 Å². The summed E-state index contributed by atoms with van der Waals surface area (Å²) in [6, 6.07) is 0. The number of imide groups is 1. The van der Waals surface area contributed by atoms with Crippen LogP contribution in [0.4, 0.5) is 0 Å². The van der Waals surface area contributed by atoms with Gasteiger partial charge in [-0.2, -0.15) is 0 Å². The van der Waals surface area contributed by atoms with Gasteiger partial charge in [0.05, 0.1) is 11.8 Å². The highest BCUT2D eigenvalue weighted by Crippen LogP contribution is 2.60. The molecule has 154 valence electrons. The lowest BCUT2D eigenvalue weighted by Crippen LogP contribution is -2.51. The molecule has 5 heteroatoms. The van der Waals surface area contributed by atoms with Crippen LogP contribution in [0.2, 0.25) is 0 Å². The van der Waals surface area contributed by atoms with Gasteiger partial charge in [-0.25, -0.2) is 0 Å². The molecule has 1 aliphatic heterocycles. The number of carbonyl (C=O) groups excluding carboxylic acids is 3. The first-order valence-corrected chi connectivity index (χ1v) is 11.5. The summed E-state index contributed by atoms with van der Waals surface area (Å²) in [6.07, 6.45) is 12.2. The quantitative estimate of drug-likeness (QED) is 0.682. The molecule has 3 amide bonds. The molecule has 1 heterocycles. The molecule has 0 aromatic heterocycles. The van der Waals surface area contributed by atoms with E-state index < -0.39 is 0 Å². The van der Waals surface area contributed by atoms with Crippen LogP contribution in [-0.2, 0) is 14.4 Å². The summed E-state index contributed by atoms with van der Waals surface area (Å²) in [7, 11) is 1.92. The smallest absolute Gasteiger partial charge is 0.233 e. The van der Waals surface area contributed by atoms with E-state index in [9.17, 15) is 14.4 Å². The highest BCUT2D eigenvalue weighted by molar-refractivity contribution is 6.05. The zero-order valence-corrected chi connectivity index (χ0v) is 17.2. The lowest BCUT2D eigenvalue weighted by molar-refractivity contribution is -0.141. The van der Waals surface area contributed by atoms with Crippen molar-refractivity contribution in [3.05, 3.63) is 0 Å². The first-order valence-electron chi connectivity index (χ1n) is 11.5. The molecule has 2 unspecified atom stereocenters. The minimum absolute atomic E-state index is 0.0220. The van der Waals surface area contributed by atoms with E-state index in [0.717, 1.165) is 50.0 Å². The second kappa shape index (κ2) is 6.84. The zero-order valence-electron chi connectivity index (χ0n) is 17.2. The largest absolute Gasteiger partial charge is 0.345 e. The number of fused-ring (bicyclic) bond motifs is 1. The Hall–Kier alpha value is -1.39. The summed E-state index contributed by atoms with van der Waals surface area (Å²) < 4.78 is 0. The monoisotopic (exact) mass is 386 g/mol. The first kappa shape index (κ1) is 18.6. The van der Waals surface area contributed by atoms with Gasteiger partial charge in [0.15, 0.2) is 0 Å². The van der Waals surface area contributed by atoms with Crippen LogP contribution in [0.3, 0.4) is 0 Å². The predicted molar refractivity (Wildman–Crippen MR) is 105 cm³/mol. The number of carbonyl (C=O) groups is 3. The number of rotatable bonds is 5. The molecule has 5 nitrogen and oxygen atoms in total. The Morgan fingerprint density at radius 2 is 1.46 bits per heavy atom. The van der Waals surface area contributed by atoms with Crippen LogP contribution >= 0.6 is 0 Å². The lowest BCUT2D eigenvalue weighted by atomic mass is 9.49. The van der Waals surface area contributed by atoms with Crippen molar-refractivity contribution in [2.75, 3.05) is 20.1 Å². The zero-order chi connectivity index (χ0) is 19.5. The molecule has 0 aromatic carbocycles. The molecule has 0 N–H and O–H groups in total. The highest BCUT2D eigenvalue weighted by Gasteiger charge is 2.51. The van der Waals surface area contributed by atoms with E-state index >= 15 is 0 Å². The third-order valence-electron chi connectivity index (χ3n) is 8.65. The number of nitrogens with zero attached hydrogens (tertiary/aromatic N) is 2. The summed E-state index contributed by atoms with van der Waals surface area (Å²) in [6.45, 7) is 1.14. The van der Waals surface area contributed by atoms with Crippen LogP contribution in [-0.4, -0.2) is 47.7 Å². The van der Waals surface area contributed by atoms with Crippen molar-refractivity contribution < 1.29 is 14.4 Å². The summed E-state index contributed by atoms with van der Waals surface area (Å²) in [5.41, 5.74) is 0.341. The van der Waals surface area contributed by atoms with E-state index in [2.05, 4.69) is 0 Å². The Bertz CT molecular complexity index is 628. The topological polar surface area (TPSA) is 57.7 Å². The molecule has 6 aliphatic rings. The van der Waals surface area contributed by atoms with Gasteiger partial charge >= 0.3 is 0 Å². The fourth-order valence-corrected chi connectivity index (χ4v) is 7.92. The maximum Gasteiger partial charge on any atom is 0.233 e. The molecule has 5 aliphatic carbocycles. The van der Waals surface area contributed by atoms with Crippen molar-refractivity contribution in [1.82, 2.24) is 9.80 Å². The molecule has 6 fully saturated rings. The molecule has 1 saturated heterocycles. The second-order valence-electron chi connectivity index (χ2n) is 10.7. The van der Waals surface area contributed by atoms with E-state index in [1.54, 1.807) is 0 Å². The predicted octanol–water partition coefficient (Wildman–Crippen LogP) is 3.23. The minimum Gasteiger partial charge on any atom is -0.345 e. The molecule has 0 aromatic rings. The Morgan fingerprint density at radius 3 is 1.96 bits per heavy atom. The van der Waals surface area contributed by atoms with E-state index in [1.807, 2.05) is 11.9 Å². The first-order chi connectivity index (χ1) is 13.4. The lowest BCUT2D eigenvalue weighted by Gasteiger charge is -2.57. The SMILES string of the molecule is CN(CC12CC3CC(CC(C3)C1)C2)C(=O)CCN1C(=O)C2CCCCC2C1=O. The highest BCUT2D eigenvalue weighted by atomic mass is 16.2. The Balaban J connectivity index is 1.17. The van der Waals surface area contributed by atoms with Gasteiger partial charge in [-0.1, -0.05) is 12.8 Å². The molecular weight excluding hydrogens is 352 g/mol. The van der Waals surface area contributed by atoms with Crippen molar-refractivity contribution in [1.29, 1.82) is 0 Å². The van der Waals surface area contributed by atoms with Gasteiger partial charge in [-0.05, 0) is 74.5 Å². The van der Waals surface area contributed by atoms with Crippen LogP contribution in [0.25, 0.3) is 0 Å². The van der Waals surface area contributed by atoms with Gasteiger partial charge in [0.1, 0.15) is 0 Å². The summed E-state index contributed by atoms with van der Waals surface area (Å²) >= 11 is 0. The number of hydrogen-bond donors (Lipinski definition) is 0. The van der Waals surface area contributed by atoms with Crippen LogP contribution in [0, 0.1) is 35.0 Å². The summed E-state index contributed by atoms with van der Waals surface area (Å²) in [4.78, 5) is 41.4. The standard InChI is InChI=1S/C23H34N2O3/c1-24(14-23-11-15-8-16(12-23)10-17(9-15)13-23)20(26)6-7-25-21(27)18-4-2-3-5-19(18)22(25)28/h15-19H,2-14H2,1H3. The fraction of sp³-hybridized carbons (Fsp3) is 0.870. The third kappa shape index (κ3) is 3.09. The molecule has 5 saturated carbocycles. The van der Waals surface area contributed by atoms with Gasteiger partial charge in [0, 0.05) is 26.6 Å². The fourth-order valence-electron chi connectivity index (χ4n) is 7.92. The average molecular weight is 387 g/mol. The van der Waals surface area contributed by atoms with Gasteiger partial charge in [0.25, 0.3) is 0 Å². The number of amides is 3. The van der Waals surface area contributed by atoms with Crippen LogP contribution in [0.15, 0.2) is 0 Å². The van der Waals surface area contributed by atoms with Gasteiger partial charge < -0.3 is 4.90 Å². The average Bonchev–Trinajstić information content (AvgIpc) is 2.89. The Morgan fingerprint density at radius 1 is 0.964 bits per heavy atom. The van der Waals surface area contributed by atoms with Crippen molar-refractivity contribution in [2.45, 2.75) is 70.6 Å². The van der Waals surface area contributed by atoms with Crippen molar-refractivity contribution in [2.24, 2.45) is 35.0 Å². The molecule has 4 bridgehead atoms. The van der Waals surface area contributed by atoms with Gasteiger partial charge in [-0.3, -0.25) is 19.3 Å². The van der Waals surface area contributed by atoms with E-state index in [-0.39, 0.29) is 42.5 Å². The van der Waals surface area contributed by atoms with Crippen LogP contribution in [0.1, 0.15) is 70.6 Å². The number of likely N-dealkylation sites (tertiary alicyclic amines) is 1. The summed E-state index contributed by atoms with van der Waals surface area (Å²) in [5, 5.41) is 0. The summed E-state index contributed by atoms with van der Waals surface area (Å²) in [5.74, 6) is 2.49. The Labute approximate surface area is 168 Å². The third-order valence-corrected chi connectivity index (χ3v) is 8.65. The molecule has 6 rings (SSSR count). The normalized spacial score (nSPS) is 41.5. The molecule has 28 heavy (non-hydrogen) atoms. The van der Waals surface area contributed by atoms with Crippen LogP contribution in [0.5, 0.6) is 0 Å². The van der Waals surface area contributed by atoms with Gasteiger partial charge in [0.2, 0.25) is 17.7 Å². The van der Waals surface area contributed by atoms with Crippen molar-refractivity contribution in [3.63, 3.8) is 0 Å². The maximum atomic E-state index is 12.8. The van der Waals surface area contributed by atoms with Crippen molar-refractivity contribution in [3.8, 4) is 0 Å². The molecule has 0 spiro atoms. The van der Waals surface area contributed by atoms with Gasteiger partial charge in [-0.15, -0.1) is 0 Å². The van der Waals surface area contributed by atoms with E-state index in [4.69, 9.17) is 0 Å². The molecule has 0 radical (unpaired) electrons. The second-order valence-corrected chi connectivity index (χ2v) is 10.7. The van der Waals surface area contributed by atoms with Crippen LogP contribution < -0.4 is 0 Å². The van der Waals surface area contributed by atoms with E-state index in [1.165, 1.54) is 43.4 Å². The minimum atomic E-state index is -0.110. The maximum absolute atomic E-state index is 12.8. The Kier molecular flexibility index (Phi) is 4.55. The molecule has 2 atom stereocenters. The number of hydrogen-bond acceptors (Lipinski definition) is 3. The molecular formula is C23H34N2O3.